The van der Waals surface area contributed by atoms with E-state index in [1.54, 1.807) is 34.9 Å². The van der Waals surface area contributed by atoms with E-state index < -0.39 is 0 Å². The van der Waals surface area contributed by atoms with Crippen molar-refractivity contribution in [3.05, 3.63) is 141 Å². The molecule has 2 fully saturated rings. The van der Waals surface area contributed by atoms with Gasteiger partial charge in [-0.2, -0.15) is 0 Å². The van der Waals surface area contributed by atoms with Gasteiger partial charge in [-0.3, -0.25) is 0 Å². The molecule has 4 aromatic rings. The van der Waals surface area contributed by atoms with Gasteiger partial charge in [0.1, 0.15) is 0 Å². The number of aryl methyl sites for hydroxylation is 3. The Morgan fingerprint density at radius 3 is 1.82 bits per heavy atom. The van der Waals surface area contributed by atoms with Crippen LogP contribution in [0.15, 0.2) is 91.0 Å². The van der Waals surface area contributed by atoms with Crippen LogP contribution in [0.4, 0.5) is 0 Å². The molecule has 0 saturated heterocycles. The quantitative estimate of drug-likeness (QED) is 0.172. The first-order valence-electron chi connectivity index (χ1n) is 26.9. The highest BCUT2D eigenvalue weighted by Crippen LogP contribution is 2.40. The zero-order chi connectivity index (χ0) is 47.6. The van der Waals surface area contributed by atoms with Crippen molar-refractivity contribution in [3.63, 3.8) is 0 Å². The number of fused-ring (bicyclic) bond motifs is 3. The highest BCUT2D eigenvalue weighted by atomic mass is 16.5. The van der Waals surface area contributed by atoms with Crippen LogP contribution in [0.1, 0.15) is 208 Å². The molecule has 0 heterocycles. The van der Waals surface area contributed by atoms with Gasteiger partial charge in [-0.25, -0.2) is 0 Å². The van der Waals surface area contributed by atoms with E-state index in [1.807, 2.05) is 6.07 Å². The van der Waals surface area contributed by atoms with E-state index in [9.17, 15) is 5.11 Å². The molecule has 4 aromatic carbocycles. The fourth-order valence-electron chi connectivity index (χ4n) is 12.0. The number of aliphatic hydroxyl groups is 1. The number of benzene rings is 4. The van der Waals surface area contributed by atoms with Crippen LogP contribution in [0, 0.1) is 35.5 Å². The topological polar surface area (TPSA) is 38.7 Å². The number of methoxy groups -OCH3 is 1. The van der Waals surface area contributed by atoms with Crippen molar-refractivity contribution in [2.75, 3.05) is 7.11 Å². The minimum absolute atomic E-state index is 0.121. The molecule has 364 valence electrons. The lowest BCUT2D eigenvalue weighted by Crippen LogP contribution is -2.30. The minimum atomic E-state index is 0.121. The molecule has 9 rings (SSSR count). The third kappa shape index (κ3) is 15.6. The maximum Gasteiger partial charge on any atom is 0.0720 e. The lowest BCUT2D eigenvalue weighted by atomic mass is 9.74. The Morgan fingerprint density at radius 2 is 1.18 bits per heavy atom. The zero-order valence-electron chi connectivity index (χ0n) is 43.8. The minimum Gasteiger partial charge on any atom is -0.392 e. The SMILES string of the molecule is CC(C)C1CCCC1.CC(C)[C@@H]1CCc2ccccc21.CC(C)[C@H]1CCC[C@@H]1OCc1ccccc1.CC(C)c1cccc2c1CCCC2.CO[C@H]1CCc2ccc(CO)cc2[C@H]1C(C)C. The molecular weight excluding hydrogens is 805 g/mol. The Kier molecular flexibility index (Phi) is 22.5. The smallest absolute Gasteiger partial charge is 0.0720 e. The summed E-state index contributed by atoms with van der Waals surface area (Å²) in [5, 5.41) is 9.26. The van der Waals surface area contributed by atoms with Crippen LogP contribution in [0.2, 0.25) is 0 Å². The molecule has 0 spiro atoms. The highest BCUT2D eigenvalue weighted by Gasteiger charge is 2.32. The fraction of sp³-hybridized carbons (Fsp3) is 0.619. The van der Waals surface area contributed by atoms with Crippen molar-refractivity contribution in [2.45, 2.75) is 209 Å². The lowest BCUT2D eigenvalue weighted by molar-refractivity contribution is 0.00355. The van der Waals surface area contributed by atoms with Crippen LogP contribution in [-0.4, -0.2) is 24.4 Å². The van der Waals surface area contributed by atoms with Gasteiger partial charge >= 0.3 is 0 Å². The normalized spacial score (nSPS) is 22.0. The molecule has 0 bridgehead atoms. The van der Waals surface area contributed by atoms with Crippen molar-refractivity contribution < 1.29 is 14.6 Å². The van der Waals surface area contributed by atoms with Gasteiger partial charge in [0, 0.05) is 13.0 Å². The first-order chi connectivity index (χ1) is 31.8. The first-order valence-corrected chi connectivity index (χ1v) is 26.9. The summed E-state index contributed by atoms with van der Waals surface area (Å²) in [5.41, 5.74) is 13.1. The molecule has 0 amide bonds. The van der Waals surface area contributed by atoms with Crippen molar-refractivity contribution in [1.29, 1.82) is 0 Å². The van der Waals surface area contributed by atoms with Gasteiger partial charge in [0.25, 0.3) is 0 Å². The predicted octanol–water partition coefficient (Wildman–Crippen LogP) is 16.8. The van der Waals surface area contributed by atoms with E-state index in [1.165, 1.54) is 100 Å². The molecule has 0 radical (unpaired) electrons. The highest BCUT2D eigenvalue weighted by molar-refractivity contribution is 5.39. The number of aliphatic hydroxyl groups excluding tert-OH is 1. The Bertz CT molecular complexity index is 1950. The molecule has 5 aliphatic carbocycles. The average molecular weight is 899 g/mol. The predicted molar refractivity (Wildman–Crippen MR) is 283 cm³/mol. The van der Waals surface area contributed by atoms with Crippen molar-refractivity contribution in [3.8, 4) is 0 Å². The Balaban J connectivity index is 0.000000158. The van der Waals surface area contributed by atoms with Gasteiger partial charge in [0.2, 0.25) is 0 Å². The molecule has 0 aromatic heterocycles. The maximum absolute atomic E-state index is 9.26. The first kappa shape index (κ1) is 53.7. The van der Waals surface area contributed by atoms with Crippen LogP contribution in [0.25, 0.3) is 0 Å². The molecule has 2 saturated carbocycles. The zero-order valence-corrected chi connectivity index (χ0v) is 43.8. The fourth-order valence-corrected chi connectivity index (χ4v) is 12.0. The number of hydrogen-bond acceptors (Lipinski definition) is 3. The third-order valence-corrected chi connectivity index (χ3v) is 15.9. The summed E-state index contributed by atoms with van der Waals surface area (Å²) in [6, 6.07) is 32.6. The van der Waals surface area contributed by atoms with Crippen LogP contribution in [0.5, 0.6) is 0 Å². The summed E-state index contributed by atoms with van der Waals surface area (Å²) in [6.07, 6.45) is 20.9. The van der Waals surface area contributed by atoms with Crippen molar-refractivity contribution in [2.24, 2.45) is 35.5 Å². The van der Waals surface area contributed by atoms with Gasteiger partial charge in [-0.15, -0.1) is 0 Å². The summed E-state index contributed by atoms with van der Waals surface area (Å²) in [6.45, 7) is 23.9. The standard InChI is InChI=1S/C15H22O2.C15H22O.C13H18.C12H16.C8H16/c1-10(2)15-13-8-11(9-16)4-5-12(13)6-7-14(15)17-3;1-12(2)14-9-6-10-15(14)16-11-13-7-4-3-5-8-13;1-10(2)12-9-5-7-11-6-3-4-8-13(11)12;1-9(2)11-8-7-10-5-3-4-6-12(10)11;1-7(2)8-5-3-4-6-8/h4-5,8,10,14-16H,6-7,9H2,1-3H3;3-5,7-8,12,14-15H,6,9-11H2,1-2H3;5,7,9-10H,3-4,6,8H2,1-2H3;3-6,9,11H,7-8H2,1-2H3;7-8H,3-6H2,1-2H3/t2*14-,15+;;11-;/m01.0./s1. The average Bonchev–Trinajstić information content (AvgIpc) is 4.14. The molecule has 3 nitrogen and oxygen atoms in total. The second-order valence-corrected chi connectivity index (χ2v) is 22.2. The molecule has 66 heavy (non-hydrogen) atoms. The summed E-state index contributed by atoms with van der Waals surface area (Å²) in [4.78, 5) is 0. The Hall–Kier alpha value is -3.24. The molecular formula is C63H94O3. The van der Waals surface area contributed by atoms with Crippen molar-refractivity contribution >= 4 is 0 Å². The van der Waals surface area contributed by atoms with Gasteiger partial charge in [-0.1, -0.05) is 192 Å². The summed E-state index contributed by atoms with van der Waals surface area (Å²) in [7, 11) is 1.81. The molecule has 1 N–H and O–H groups in total. The van der Waals surface area contributed by atoms with E-state index >= 15 is 0 Å². The molecule has 3 heteroatoms. The third-order valence-electron chi connectivity index (χ3n) is 15.9. The van der Waals surface area contributed by atoms with E-state index in [-0.39, 0.29) is 6.61 Å². The molecule has 5 atom stereocenters. The van der Waals surface area contributed by atoms with Crippen molar-refractivity contribution in [1.82, 2.24) is 0 Å². The monoisotopic (exact) mass is 899 g/mol. The van der Waals surface area contributed by atoms with E-state index in [4.69, 9.17) is 9.47 Å². The van der Waals surface area contributed by atoms with Crippen LogP contribution in [0.3, 0.4) is 0 Å². The largest absolute Gasteiger partial charge is 0.392 e. The van der Waals surface area contributed by atoms with Gasteiger partial charge in [0.05, 0.1) is 25.4 Å². The van der Waals surface area contributed by atoms with Crippen LogP contribution in [-0.2, 0) is 48.4 Å². The molecule has 0 unspecified atom stereocenters. The van der Waals surface area contributed by atoms with Gasteiger partial charge < -0.3 is 14.6 Å². The second kappa shape index (κ2) is 27.7. The van der Waals surface area contributed by atoms with Crippen LogP contribution < -0.4 is 0 Å². The van der Waals surface area contributed by atoms with Crippen LogP contribution >= 0.6 is 0 Å². The van der Waals surface area contributed by atoms with E-state index in [0.29, 0.717) is 30.0 Å². The number of rotatable bonds is 10. The van der Waals surface area contributed by atoms with E-state index in [2.05, 4.69) is 154 Å². The van der Waals surface area contributed by atoms with Gasteiger partial charge in [0.15, 0.2) is 0 Å². The van der Waals surface area contributed by atoms with Gasteiger partial charge in [-0.05, 0) is 162 Å². The molecule has 5 aliphatic rings. The summed E-state index contributed by atoms with van der Waals surface area (Å²) in [5.74, 6) is 6.85. The summed E-state index contributed by atoms with van der Waals surface area (Å²) >= 11 is 0. The summed E-state index contributed by atoms with van der Waals surface area (Å²) < 4.78 is 11.7. The lowest BCUT2D eigenvalue weighted by Gasteiger charge is -2.35. The Morgan fingerprint density at radius 1 is 0.515 bits per heavy atom. The van der Waals surface area contributed by atoms with E-state index in [0.717, 1.165) is 60.5 Å². The molecule has 0 aliphatic heterocycles. The maximum atomic E-state index is 9.26. The number of hydrogen-bond donors (Lipinski definition) is 1. The second-order valence-electron chi connectivity index (χ2n) is 22.2. The Labute approximate surface area is 405 Å². The number of ether oxygens (including phenoxy) is 2.